The van der Waals surface area contributed by atoms with E-state index in [1.807, 2.05) is 24.7 Å². The van der Waals surface area contributed by atoms with Crippen LogP contribution in [0.5, 0.6) is 0 Å². The van der Waals surface area contributed by atoms with Crippen LogP contribution in [0.2, 0.25) is 0 Å². The van der Waals surface area contributed by atoms with E-state index in [0.29, 0.717) is 6.54 Å². The Balaban J connectivity index is 1.87. The van der Waals surface area contributed by atoms with E-state index in [4.69, 9.17) is 5.11 Å². The molecular weight excluding hydrogens is 218 g/mol. The molecule has 2 heterocycles. The first-order chi connectivity index (χ1) is 8.01. The van der Waals surface area contributed by atoms with Crippen LogP contribution in [0, 0.1) is 5.41 Å². The van der Waals surface area contributed by atoms with E-state index in [-0.39, 0.29) is 0 Å². The van der Waals surface area contributed by atoms with Gasteiger partial charge in [-0.15, -0.1) is 0 Å². The van der Waals surface area contributed by atoms with Crippen molar-refractivity contribution in [3.05, 3.63) is 18.0 Å². The van der Waals surface area contributed by atoms with Gasteiger partial charge in [0.05, 0.1) is 5.41 Å². The summed E-state index contributed by atoms with van der Waals surface area (Å²) in [6.07, 6.45) is 3.46. The number of rotatable bonds is 4. The Bertz CT molecular complexity index is 416. The lowest BCUT2D eigenvalue weighted by atomic mass is 9.90. The van der Waals surface area contributed by atoms with Gasteiger partial charge in [-0.05, 0) is 26.0 Å². The van der Waals surface area contributed by atoms with Crippen molar-refractivity contribution in [2.24, 2.45) is 12.5 Å². The highest BCUT2D eigenvalue weighted by molar-refractivity contribution is 5.74. The minimum absolute atomic E-state index is 0.563. The number of hydrogen-bond donors (Lipinski definition) is 1. The van der Waals surface area contributed by atoms with Crippen molar-refractivity contribution in [3.63, 3.8) is 0 Å². The van der Waals surface area contributed by atoms with Crippen molar-refractivity contribution in [2.45, 2.75) is 19.8 Å². The number of aromatic nitrogens is 2. The minimum Gasteiger partial charge on any atom is -0.481 e. The molecule has 1 fully saturated rings. The molecule has 0 spiro atoms. The number of carboxylic acid groups (broad SMARTS) is 1. The molecule has 2 rings (SSSR count). The molecule has 17 heavy (non-hydrogen) atoms. The SMILES string of the molecule is Cn1nccc1CCN1CCC(C)(C(=O)O)C1. The lowest BCUT2D eigenvalue weighted by molar-refractivity contribution is -0.147. The summed E-state index contributed by atoms with van der Waals surface area (Å²) < 4.78 is 1.87. The molecule has 0 radical (unpaired) electrons. The van der Waals surface area contributed by atoms with Crippen LogP contribution in [0.15, 0.2) is 12.3 Å². The molecule has 5 heteroatoms. The van der Waals surface area contributed by atoms with E-state index >= 15 is 0 Å². The summed E-state index contributed by atoms with van der Waals surface area (Å²) >= 11 is 0. The second-order valence-electron chi connectivity index (χ2n) is 5.09. The Morgan fingerprint density at radius 3 is 2.94 bits per heavy atom. The molecule has 1 aromatic rings. The zero-order chi connectivity index (χ0) is 12.5. The standard InChI is InChI=1S/C12H19N3O2/c1-12(11(16)17)5-8-15(9-12)7-4-10-3-6-13-14(10)2/h3,6H,4-5,7-9H2,1-2H3,(H,16,17). The molecule has 0 bridgehead atoms. The number of carboxylic acids is 1. The van der Waals surface area contributed by atoms with Crippen LogP contribution in [0.1, 0.15) is 19.0 Å². The molecule has 0 aliphatic carbocycles. The van der Waals surface area contributed by atoms with Gasteiger partial charge in [0.2, 0.25) is 0 Å². The Hall–Kier alpha value is -1.36. The van der Waals surface area contributed by atoms with Gasteiger partial charge in [0, 0.05) is 38.4 Å². The zero-order valence-electron chi connectivity index (χ0n) is 10.4. The lowest BCUT2D eigenvalue weighted by Crippen LogP contribution is -2.32. The molecule has 5 nitrogen and oxygen atoms in total. The van der Waals surface area contributed by atoms with E-state index < -0.39 is 11.4 Å². The van der Waals surface area contributed by atoms with Crippen molar-refractivity contribution < 1.29 is 9.90 Å². The summed E-state index contributed by atoms with van der Waals surface area (Å²) in [5.41, 5.74) is 0.626. The largest absolute Gasteiger partial charge is 0.481 e. The molecular formula is C12H19N3O2. The average molecular weight is 237 g/mol. The maximum absolute atomic E-state index is 11.1. The molecule has 94 valence electrons. The average Bonchev–Trinajstić information content (AvgIpc) is 2.83. The highest BCUT2D eigenvalue weighted by Crippen LogP contribution is 2.29. The molecule has 1 atom stereocenters. The third-order valence-corrected chi connectivity index (χ3v) is 3.68. The highest BCUT2D eigenvalue weighted by Gasteiger charge is 2.40. The fourth-order valence-electron chi connectivity index (χ4n) is 2.34. The first-order valence-electron chi connectivity index (χ1n) is 5.94. The van der Waals surface area contributed by atoms with Crippen LogP contribution in [0.4, 0.5) is 0 Å². The van der Waals surface area contributed by atoms with Crippen LogP contribution in [-0.4, -0.2) is 45.4 Å². The van der Waals surface area contributed by atoms with Gasteiger partial charge in [0.1, 0.15) is 0 Å². The van der Waals surface area contributed by atoms with Gasteiger partial charge in [0.15, 0.2) is 0 Å². The summed E-state index contributed by atoms with van der Waals surface area (Å²) in [4.78, 5) is 13.3. The summed E-state index contributed by atoms with van der Waals surface area (Å²) in [6, 6.07) is 2.01. The summed E-state index contributed by atoms with van der Waals surface area (Å²) in [5, 5.41) is 13.3. The van der Waals surface area contributed by atoms with Crippen molar-refractivity contribution >= 4 is 5.97 Å². The number of aryl methyl sites for hydroxylation is 1. The normalized spacial score (nSPS) is 25.3. The molecule has 1 unspecified atom stereocenters. The van der Waals surface area contributed by atoms with Crippen LogP contribution in [0.25, 0.3) is 0 Å². The molecule has 1 aromatic heterocycles. The Kier molecular flexibility index (Phi) is 3.19. The molecule has 1 N–H and O–H groups in total. The summed E-state index contributed by atoms with van der Waals surface area (Å²) in [7, 11) is 1.93. The van der Waals surface area contributed by atoms with E-state index in [9.17, 15) is 4.79 Å². The smallest absolute Gasteiger partial charge is 0.310 e. The molecule has 1 aliphatic heterocycles. The van der Waals surface area contributed by atoms with Crippen LogP contribution in [-0.2, 0) is 18.3 Å². The van der Waals surface area contributed by atoms with Gasteiger partial charge in [-0.25, -0.2) is 0 Å². The fourth-order valence-corrected chi connectivity index (χ4v) is 2.34. The van der Waals surface area contributed by atoms with E-state index in [0.717, 1.165) is 25.9 Å². The van der Waals surface area contributed by atoms with Crippen molar-refractivity contribution in [2.75, 3.05) is 19.6 Å². The summed E-state index contributed by atoms with van der Waals surface area (Å²) in [5.74, 6) is -0.680. The summed E-state index contributed by atoms with van der Waals surface area (Å²) in [6.45, 7) is 4.27. The third-order valence-electron chi connectivity index (χ3n) is 3.68. The van der Waals surface area contributed by atoms with Crippen molar-refractivity contribution in [3.8, 4) is 0 Å². The van der Waals surface area contributed by atoms with Crippen LogP contribution >= 0.6 is 0 Å². The van der Waals surface area contributed by atoms with Crippen molar-refractivity contribution in [1.29, 1.82) is 0 Å². The second kappa shape index (κ2) is 4.49. The topological polar surface area (TPSA) is 58.4 Å². The Morgan fingerprint density at radius 2 is 2.41 bits per heavy atom. The van der Waals surface area contributed by atoms with E-state index in [1.165, 1.54) is 5.69 Å². The first-order valence-corrected chi connectivity index (χ1v) is 5.94. The van der Waals surface area contributed by atoms with E-state index in [1.54, 1.807) is 6.20 Å². The molecule has 1 saturated heterocycles. The van der Waals surface area contributed by atoms with E-state index in [2.05, 4.69) is 10.00 Å². The molecule has 0 saturated carbocycles. The zero-order valence-corrected chi connectivity index (χ0v) is 10.4. The quantitative estimate of drug-likeness (QED) is 0.840. The van der Waals surface area contributed by atoms with Gasteiger partial charge in [-0.1, -0.05) is 0 Å². The maximum atomic E-state index is 11.1. The fraction of sp³-hybridized carbons (Fsp3) is 0.667. The molecule has 0 aromatic carbocycles. The third kappa shape index (κ3) is 2.49. The van der Waals surface area contributed by atoms with Crippen LogP contribution in [0.3, 0.4) is 0 Å². The first kappa shape index (κ1) is 12.1. The molecule has 0 amide bonds. The van der Waals surface area contributed by atoms with Gasteiger partial charge in [-0.3, -0.25) is 9.48 Å². The lowest BCUT2D eigenvalue weighted by Gasteiger charge is -2.19. The van der Waals surface area contributed by atoms with Crippen molar-refractivity contribution in [1.82, 2.24) is 14.7 Å². The monoisotopic (exact) mass is 237 g/mol. The number of hydrogen-bond acceptors (Lipinski definition) is 3. The Morgan fingerprint density at radius 1 is 1.65 bits per heavy atom. The van der Waals surface area contributed by atoms with Gasteiger partial charge in [0.25, 0.3) is 0 Å². The number of likely N-dealkylation sites (tertiary alicyclic amines) is 1. The minimum atomic E-state index is -0.680. The van der Waals surface area contributed by atoms with Gasteiger partial charge < -0.3 is 10.0 Å². The van der Waals surface area contributed by atoms with Gasteiger partial charge in [-0.2, -0.15) is 5.10 Å². The second-order valence-corrected chi connectivity index (χ2v) is 5.09. The predicted molar refractivity (Wildman–Crippen MR) is 63.7 cm³/mol. The molecule has 1 aliphatic rings. The highest BCUT2D eigenvalue weighted by atomic mass is 16.4. The predicted octanol–water partition coefficient (Wildman–Crippen LogP) is 0.759. The maximum Gasteiger partial charge on any atom is 0.310 e. The number of aliphatic carboxylic acids is 1. The number of carbonyl (C=O) groups is 1. The Labute approximate surface area is 101 Å². The number of nitrogens with zero attached hydrogens (tertiary/aromatic N) is 3. The van der Waals surface area contributed by atoms with Crippen LogP contribution < -0.4 is 0 Å². The van der Waals surface area contributed by atoms with Gasteiger partial charge >= 0.3 is 5.97 Å².